The molecule has 0 saturated heterocycles. The second-order valence-corrected chi connectivity index (χ2v) is 2.52. The molecule has 4 nitrogen and oxygen atoms in total. The lowest BCUT2D eigenvalue weighted by atomic mass is 10.2. The molecule has 0 fully saturated rings. The summed E-state index contributed by atoms with van der Waals surface area (Å²) in [4.78, 5) is 7.93. The Balaban J connectivity index is 2.51. The smallest absolute Gasteiger partial charge is 0.144 e. The number of aromatic nitrogens is 2. The van der Waals surface area contributed by atoms with Crippen LogP contribution < -0.4 is 5.32 Å². The van der Waals surface area contributed by atoms with Gasteiger partial charge in [0.15, 0.2) is 0 Å². The summed E-state index contributed by atoms with van der Waals surface area (Å²) in [6.45, 7) is 2.12. The Morgan fingerprint density at radius 3 is 2.92 bits per heavy atom. The van der Waals surface area contributed by atoms with Crippen molar-refractivity contribution >= 4 is 5.82 Å². The van der Waals surface area contributed by atoms with Gasteiger partial charge in [-0.3, -0.25) is 4.98 Å². The van der Waals surface area contributed by atoms with E-state index in [2.05, 4.69) is 15.3 Å². The van der Waals surface area contributed by atoms with Crippen LogP contribution in [0.1, 0.15) is 13.3 Å². The van der Waals surface area contributed by atoms with E-state index in [1.54, 1.807) is 18.6 Å². The fraction of sp³-hybridized carbons (Fsp3) is 0.500. The molecular formula is C8H13N3O. The molecule has 0 aromatic carbocycles. The van der Waals surface area contributed by atoms with Gasteiger partial charge in [0.05, 0.1) is 18.8 Å². The van der Waals surface area contributed by atoms with Crippen molar-refractivity contribution in [3.8, 4) is 0 Å². The molecule has 1 rings (SSSR count). The van der Waals surface area contributed by atoms with Crippen LogP contribution in [-0.4, -0.2) is 27.7 Å². The molecule has 0 radical (unpaired) electrons. The zero-order valence-electron chi connectivity index (χ0n) is 7.07. The average Bonchev–Trinajstić information content (AvgIpc) is 2.16. The summed E-state index contributed by atoms with van der Waals surface area (Å²) in [5.74, 6) is 0.707. The van der Waals surface area contributed by atoms with Crippen LogP contribution in [0.5, 0.6) is 0 Å². The number of anilines is 1. The highest BCUT2D eigenvalue weighted by atomic mass is 16.3. The summed E-state index contributed by atoms with van der Waals surface area (Å²) in [7, 11) is 0. The van der Waals surface area contributed by atoms with E-state index < -0.39 is 0 Å². The van der Waals surface area contributed by atoms with Crippen molar-refractivity contribution < 1.29 is 5.11 Å². The van der Waals surface area contributed by atoms with Gasteiger partial charge in [-0.05, 0) is 6.42 Å². The van der Waals surface area contributed by atoms with Gasteiger partial charge in [0.2, 0.25) is 0 Å². The van der Waals surface area contributed by atoms with Crippen LogP contribution in [0, 0.1) is 0 Å². The molecule has 0 aliphatic heterocycles. The molecule has 0 spiro atoms. The van der Waals surface area contributed by atoms with Gasteiger partial charge in [0.25, 0.3) is 0 Å². The van der Waals surface area contributed by atoms with E-state index in [0.717, 1.165) is 6.42 Å². The van der Waals surface area contributed by atoms with Crippen LogP contribution in [0.4, 0.5) is 5.82 Å². The van der Waals surface area contributed by atoms with E-state index in [0.29, 0.717) is 5.82 Å². The molecule has 0 amide bonds. The summed E-state index contributed by atoms with van der Waals surface area (Å²) in [6, 6.07) is 0.0710. The molecule has 1 aromatic heterocycles. The Bertz CT molecular complexity index is 211. The van der Waals surface area contributed by atoms with Crippen molar-refractivity contribution in [2.24, 2.45) is 0 Å². The number of nitrogens with one attached hydrogen (secondary N) is 1. The van der Waals surface area contributed by atoms with Gasteiger partial charge in [0.1, 0.15) is 5.82 Å². The van der Waals surface area contributed by atoms with E-state index in [4.69, 9.17) is 5.11 Å². The van der Waals surface area contributed by atoms with E-state index in [1.165, 1.54) is 0 Å². The molecule has 0 saturated carbocycles. The number of aliphatic hydroxyl groups excluding tert-OH is 1. The van der Waals surface area contributed by atoms with Crippen LogP contribution in [0.15, 0.2) is 18.6 Å². The van der Waals surface area contributed by atoms with Crippen molar-refractivity contribution in [3.05, 3.63) is 18.6 Å². The fourth-order valence-electron chi connectivity index (χ4n) is 0.860. The molecule has 1 heterocycles. The Kier molecular flexibility index (Phi) is 3.47. The lowest BCUT2D eigenvalue weighted by Gasteiger charge is -2.13. The first-order chi connectivity index (χ1) is 5.86. The monoisotopic (exact) mass is 167 g/mol. The van der Waals surface area contributed by atoms with Crippen molar-refractivity contribution in [2.75, 3.05) is 11.9 Å². The van der Waals surface area contributed by atoms with Crippen molar-refractivity contribution in [1.29, 1.82) is 0 Å². The second-order valence-electron chi connectivity index (χ2n) is 2.52. The minimum absolute atomic E-state index is 0.0710. The normalized spacial score (nSPS) is 12.5. The summed E-state index contributed by atoms with van der Waals surface area (Å²) in [5.41, 5.74) is 0. The van der Waals surface area contributed by atoms with E-state index in [1.807, 2.05) is 6.92 Å². The molecule has 12 heavy (non-hydrogen) atoms. The third kappa shape index (κ3) is 2.47. The molecule has 1 unspecified atom stereocenters. The molecule has 1 aromatic rings. The first-order valence-corrected chi connectivity index (χ1v) is 4.00. The number of hydrogen-bond acceptors (Lipinski definition) is 4. The molecule has 0 bridgehead atoms. The highest BCUT2D eigenvalue weighted by Gasteiger charge is 2.03. The van der Waals surface area contributed by atoms with E-state index >= 15 is 0 Å². The number of rotatable bonds is 4. The average molecular weight is 167 g/mol. The zero-order chi connectivity index (χ0) is 8.81. The fourth-order valence-corrected chi connectivity index (χ4v) is 0.860. The van der Waals surface area contributed by atoms with Gasteiger partial charge < -0.3 is 10.4 Å². The third-order valence-corrected chi connectivity index (χ3v) is 1.63. The number of hydrogen-bond donors (Lipinski definition) is 2. The SMILES string of the molecule is CCC(CO)Nc1cnccn1. The minimum atomic E-state index is 0.0710. The predicted molar refractivity (Wildman–Crippen MR) is 46.8 cm³/mol. The van der Waals surface area contributed by atoms with E-state index in [-0.39, 0.29) is 12.6 Å². The van der Waals surface area contributed by atoms with Crippen LogP contribution in [0.3, 0.4) is 0 Å². The molecular weight excluding hydrogens is 154 g/mol. The van der Waals surface area contributed by atoms with Gasteiger partial charge in [-0.25, -0.2) is 4.98 Å². The van der Waals surface area contributed by atoms with Gasteiger partial charge in [0, 0.05) is 12.4 Å². The maximum absolute atomic E-state index is 8.88. The van der Waals surface area contributed by atoms with Crippen LogP contribution in [0.2, 0.25) is 0 Å². The molecule has 1 atom stereocenters. The number of nitrogens with zero attached hydrogens (tertiary/aromatic N) is 2. The lowest BCUT2D eigenvalue weighted by molar-refractivity contribution is 0.271. The first-order valence-electron chi connectivity index (χ1n) is 4.00. The number of aliphatic hydroxyl groups is 1. The van der Waals surface area contributed by atoms with Crippen molar-refractivity contribution in [3.63, 3.8) is 0 Å². The highest BCUT2D eigenvalue weighted by Crippen LogP contribution is 2.02. The van der Waals surface area contributed by atoms with Gasteiger partial charge in [-0.2, -0.15) is 0 Å². The van der Waals surface area contributed by atoms with Gasteiger partial charge >= 0.3 is 0 Å². The zero-order valence-corrected chi connectivity index (χ0v) is 7.07. The maximum atomic E-state index is 8.88. The molecule has 0 aliphatic carbocycles. The lowest BCUT2D eigenvalue weighted by Crippen LogP contribution is -2.23. The largest absolute Gasteiger partial charge is 0.394 e. The Morgan fingerprint density at radius 2 is 2.42 bits per heavy atom. The summed E-state index contributed by atoms with van der Waals surface area (Å²) >= 11 is 0. The maximum Gasteiger partial charge on any atom is 0.144 e. The molecule has 2 N–H and O–H groups in total. The first kappa shape index (κ1) is 8.93. The molecule has 66 valence electrons. The van der Waals surface area contributed by atoms with Crippen molar-refractivity contribution in [2.45, 2.75) is 19.4 Å². The van der Waals surface area contributed by atoms with Crippen LogP contribution in [0.25, 0.3) is 0 Å². The summed E-state index contributed by atoms with van der Waals surface area (Å²) in [6.07, 6.45) is 5.74. The minimum Gasteiger partial charge on any atom is -0.394 e. The summed E-state index contributed by atoms with van der Waals surface area (Å²) < 4.78 is 0. The Morgan fingerprint density at radius 1 is 1.58 bits per heavy atom. The highest BCUT2D eigenvalue weighted by molar-refractivity contribution is 5.31. The molecule has 0 aliphatic rings. The third-order valence-electron chi connectivity index (χ3n) is 1.63. The summed E-state index contributed by atoms with van der Waals surface area (Å²) in [5, 5.41) is 11.9. The standard InChI is InChI=1S/C8H13N3O/c1-2-7(6-12)11-8-5-9-3-4-10-8/h3-5,7,12H,2,6H2,1H3,(H,10,11). The second kappa shape index (κ2) is 4.66. The Hall–Kier alpha value is -1.16. The van der Waals surface area contributed by atoms with Crippen LogP contribution in [-0.2, 0) is 0 Å². The van der Waals surface area contributed by atoms with Gasteiger partial charge in [-0.15, -0.1) is 0 Å². The van der Waals surface area contributed by atoms with Crippen molar-refractivity contribution in [1.82, 2.24) is 9.97 Å². The predicted octanol–water partition coefficient (Wildman–Crippen LogP) is 0.659. The Labute approximate surface area is 71.7 Å². The van der Waals surface area contributed by atoms with Gasteiger partial charge in [-0.1, -0.05) is 6.92 Å². The van der Waals surface area contributed by atoms with Crippen LogP contribution >= 0.6 is 0 Å². The topological polar surface area (TPSA) is 58.0 Å². The van der Waals surface area contributed by atoms with E-state index in [9.17, 15) is 0 Å². The molecule has 4 heteroatoms. The quantitative estimate of drug-likeness (QED) is 0.691.